The highest BCUT2D eigenvalue weighted by molar-refractivity contribution is 9.10. The van der Waals surface area contributed by atoms with Gasteiger partial charge in [-0.3, -0.25) is 4.90 Å². The Morgan fingerprint density at radius 2 is 1.64 bits per heavy atom. The molecule has 2 saturated heterocycles. The summed E-state index contributed by atoms with van der Waals surface area (Å²) in [6, 6.07) is 29.6. The van der Waals surface area contributed by atoms with Crippen LogP contribution in [0.4, 0.5) is 5.69 Å². The third-order valence-electron chi connectivity index (χ3n) is 9.14. The molecule has 1 aromatic heterocycles. The molecule has 45 heavy (non-hydrogen) atoms. The van der Waals surface area contributed by atoms with E-state index in [0.717, 1.165) is 82.1 Å². The van der Waals surface area contributed by atoms with Crippen LogP contribution in [0.3, 0.4) is 0 Å². The van der Waals surface area contributed by atoms with Crippen LogP contribution in [0.1, 0.15) is 34.3 Å². The van der Waals surface area contributed by atoms with Crippen LogP contribution in [-0.4, -0.2) is 49.2 Å². The van der Waals surface area contributed by atoms with Gasteiger partial charge in [0.25, 0.3) is 0 Å². The van der Waals surface area contributed by atoms with Crippen LogP contribution in [0, 0.1) is 6.92 Å². The van der Waals surface area contributed by atoms with Crippen molar-refractivity contribution >= 4 is 49.0 Å². The van der Waals surface area contributed by atoms with Crippen molar-refractivity contribution in [2.45, 2.75) is 38.5 Å². The Balaban J connectivity index is 0.873. The number of carbonyl (C=O) groups is 1. The summed E-state index contributed by atoms with van der Waals surface area (Å²) in [5.74, 6) is 2.37. The molecular formula is C37H33BrN2O4S. The second-order valence-electron chi connectivity index (χ2n) is 12.2. The Labute approximate surface area is 275 Å². The van der Waals surface area contributed by atoms with E-state index >= 15 is 0 Å². The number of thiophene rings is 1. The van der Waals surface area contributed by atoms with Gasteiger partial charge >= 0.3 is 5.97 Å². The standard InChI is InChI=1S/C37H33BrN2O4S/c1-23-2-12-33-34(18-23)45-36(24-3-5-26(38)6-4-24)35(33)44-30-10-8-29(9-11-30)43-31-14-16-39(17-15-31)28-20-40(21-28)27-7-13-32-25(19-27)22-42-37(32)41/h2-13,18-19,28,31H,14-17,20-22H2,1H3. The number of esters is 1. The summed E-state index contributed by atoms with van der Waals surface area (Å²) in [4.78, 5) is 17.9. The van der Waals surface area contributed by atoms with Gasteiger partial charge in [-0.2, -0.15) is 0 Å². The predicted octanol–water partition coefficient (Wildman–Crippen LogP) is 8.83. The molecule has 8 rings (SSSR count). The number of piperidine rings is 1. The maximum atomic E-state index is 11.8. The second-order valence-corrected chi connectivity index (χ2v) is 14.1. The molecule has 2 fully saturated rings. The van der Waals surface area contributed by atoms with E-state index in [1.807, 2.05) is 36.4 Å². The Morgan fingerprint density at radius 1 is 0.889 bits per heavy atom. The molecule has 8 heteroatoms. The van der Waals surface area contributed by atoms with Gasteiger partial charge in [0, 0.05) is 58.0 Å². The van der Waals surface area contributed by atoms with E-state index in [1.54, 1.807) is 11.3 Å². The number of ether oxygens (including phenoxy) is 3. The van der Waals surface area contributed by atoms with E-state index in [2.05, 4.69) is 81.2 Å². The molecule has 0 unspecified atom stereocenters. The highest BCUT2D eigenvalue weighted by Crippen LogP contribution is 2.47. The normalized spacial score (nSPS) is 17.3. The maximum Gasteiger partial charge on any atom is 0.338 e. The lowest BCUT2D eigenvalue weighted by Gasteiger charge is -2.48. The first-order valence-electron chi connectivity index (χ1n) is 15.5. The molecular weight excluding hydrogens is 648 g/mol. The summed E-state index contributed by atoms with van der Waals surface area (Å²) < 4.78 is 20.4. The fraction of sp³-hybridized carbons (Fsp3) is 0.270. The van der Waals surface area contributed by atoms with E-state index in [0.29, 0.717) is 18.2 Å². The summed E-state index contributed by atoms with van der Waals surface area (Å²) in [6.45, 7) is 6.63. The quantitative estimate of drug-likeness (QED) is 0.160. The van der Waals surface area contributed by atoms with Crippen LogP contribution in [0.25, 0.3) is 20.5 Å². The number of carbonyl (C=O) groups excluding carboxylic acids is 1. The topological polar surface area (TPSA) is 51.2 Å². The van der Waals surface area contributed by atoms with E-state index in [1.165, 1.54) is 16.0 Å². The molecule has 228 valence electrons. The average Bonchev–Trinajstić information content (AvgIpc) is 3.58. The zero-order valence-corrected chi connectivity index (χ0v) is 27.4. The number of hydrogen-bond acceptors (Lipinski definition) is 7. The van der Waals surface area contributed by atoms with E-state index in [9.17, 15) is 4.79 Å². The van der Waals surface area contributed by atoms with Crippen molar-refractivity contribution in [2.24, 2.45) is 0 Å². The van der Waals surface area contributed by atoms with Crippen molar-refractivity contribution in [1.82, 2.24) is 4.90 Å². The number of anilines is 1. The zero-order chi connectivity index (χ0) is 30.5. The molecule has 0 aliphatic carbocycles. The van der Waals surface area contributed by atoms with Crippen LogP contribution in [-0.2, 0) is 11.3 Å². The van der Waals surface area contributed by atoms with Gasteiger partial charge in [0.1, 0.15) is 24.2 Å². The summed E-state index contributed by atoms with van der Waals surface area (Å²) in [6.07, 6.45) is 2.25. The molecule has 5 aromatic rings. The van der Waals surface area contributed by atoms with Crippen LogP contribution in [0.15, 0.2) is 89.4 Å². The fourth-order valence-electron chi connectivity index (χ4n) is 6.54. The lowest BCUT2D eigenvalue weighted by Crippen LogP contribution is -2.61. The molecule has 0 atom stereocenters. The molecule has 0 saturated carbocycles. The molecule has 0 radical (unpaired) electrons. The molecule has 4 heterocycles. The van der Waals surface area contributed by atoms with Crippen LogP contribution < -0.4 is 14.4 Å². The molecule has 6 nitrogen and oxygen atoms in total. The summed E-state index contributed by atoms with van der Waals surface area (Å²) in [5, 5.41) is 1.13. The Kier molecular flexibility index (Phi) is 7.52. The van der Waals surface area contributed by atoms with Crippen molar-refractivity contribution in [3.63, 3.8) is 0 Å². The van der Waals surface area contributed by atoms with Gasteiger partial charge in [0.15, 0.2) is 5.75 Å². The van der Waals surface area contributed by atoms with Crippen molar-refractivity contribution < 1.29 is 19.0 Å². The van der Waals surface area contributed by atoms with Gasteiger partial charge in [-0.05, 0) is 97.6 Å². The van der Waals surface area contributed by atoms with Gasteiger partial charge < -0.3 is 19.1 Å². The number of likely N-dealkylation sites (tertiary alicyclic amines) is 1. The Bertz CT molecular complexity index is 1870. The lowest BCUT2D eigenvalue weighted by atomic mass is 9.99. The van der Waals surface area contributed by atoms with Crippen LogP contribution >= 0.6 is 27.3 Å². The number of fused-ring (bicyclic) bond motifs is 2. The average molecular weight is 682 g/mol. The summed E-state index contributed by atoms with van der Waals surface area (Å²) in [7, 11) is 0. The largest absolute Gasteiger partial charge is 0.490 e. The number of nitrogens with zero attached hydrogens (tertiary/aromatic N) is 2. The smallest absolute Gasteiger partial charge is 0.338 e. The molecule has 0 amide bonds. The third kappa shape index (κ3) is 5.71. The fourth-order valence-corrected chi connectivity index (χ4v) is 8.04. The van der Waals surface area contributed by atoms with E-state index in [4.69, 9.17) is 14.2 Å². The molecule has 0 N–H and O–H groups in total. The van der Waals surface area contributed by atoms with Crippen molar-refractivity contribution in [2.75, 3.05) is 31.1 Å². The highest BCUT2D eigenvalue weighted by atomic mass is 79.9. The molecule has 3 aliphatic heterocycles. The zero-order valence-electron chi connectivity index (χ0n) is 25.0. The van der Waals surface area contributed by atoms with Gasteiger partial charge in [-0.25, -0.2) is 4.79 Å². The minimum absolute atomic E-state index is 0.208. The van der Waals surface area contributed by atoms with Gasteiger partial charge in [-0.15, -0.1) is 11.3 Å². The van der Waals surface area contributed by atoms with Crippen molar-refractivity contribution in [3.8, 4) is 27.7 Å². The molecule has 3 aliphatic rings. The van der Waals surface area contributed by atoms with E-state index < -0.39 is 0 Å². The van der Waals surface area contributed by atoms with Crippen LogP contribution in [0.2, 0.25) is 0 Å². The maximum absolute atomic E-state index is 11.8. The number of hydrogen-bond donors (Lipinski definition) is 0. The number of rotatable bonds is 7. The van der Waals surface area contributed by atoms with Crippen LogP contribution in [0.5, 0.6) is 17.2 Å². The minimum Gasteiger partial charge on any atom is -0.490 e. The third-order valence-corrected chi connectivity index (χ3v) is 10.9. The van der Waals surface area contributed by atoms with Crippen molar-refractivity contribution in [3.05, 3.63) is 106 Å². The number of aryl methyl sites for hydroxylation is 1. The lowest BCUT2D eigenvalue weighted by molar-refractivity contribution is 0.0535. The van der Waals surface area contributed by atoms with Gasteiger partial charge in [-0.1, -0.05) is 34.1 Å². The Hall–Kier alpha value is -3.85. The summed E-state index contributed by atoms with van der Waals surface area (Å²) >= 11 is 5.32. The predicted molar refractivity (Wildman–Crippen MR) is 183 cm³/mol. The van der Waals surface area contributed by atoms with Crippen molar-refractivity contribution in [1.29, 1.82) is 0 Å². The second kappa shape index (κ2) is 11.8. The monoisotopic (exact) mass is 680 g/mol. The molecule has 0 bridgehead atoms. The SMILES string of the molecule is Cc1ccc2c(Oc3ccc(OC4CCN(C5CN(c6ccc7c(c6)COC7=O)C5)CC4)cc3)c(-c3ccc(Br)cc3)sc2c1. The van der Waals surface area contributed by atoms with Gasteiger partial charge in [0.05, 0.1) is 10.4 Å². The number of benzene rings is 4. The first-order chi connectivity index (χ1) is 22.0. The minimum atomic E-state index is -0.208. The first kappa shape index (κ1) is 28.6. The van der Waals surface area contributed by atoms with E-state index in [-0.39, 0.29) is 12.1 Å². The number of cyclic esters (lactones) is 1. The molecule has 0 spiro atoms. The summed E-state index contributed by atoms with van der Waals surface area (Å²) in [5.41, 5.74) is 5.27. The van der Waals surface area contributed by atoms with Gasteiger partial charge in [0.2, 0.25) is 0 Å². The Morgan fingerprint density at radius 3 is 2.42 bits per heavy atom. The number of halogens is 1. The first-order valence-corrected chi connectivity index (χ1v) is 17.1. The molecule has 4 aromatic carbocycles. The highest BCUT2D eigenvalue weighted by Gasteiger charge is 2.35.